The third-order valence-corrected chi connectivity index (χ3v) is 1.69. The summed E-state index contributed by atoms with van der Waals surface area (Å²) in [7, 11) is 0. The largest absolute Gasteiger partial charge is 0.462 e. The van der Waals surface area contributed by atoms with Gasteiger partial charge in [0.1, 0.15) is 0 Å². The van der Waals surface area contributed by atoms with Gasteiger partial charge < -0.3 is 10.1 Å². The van der Waals surface area contributed by atoms with Gasteiger partial charge in [0.15, 0.2) is 0 Å². The third kappa shape index (κ3) is 5.12. The first-order chi connectivity index (χ1) is 7.18. The zero-order valence-corrected chi connectivity index (χ0v) is 9.06. The highest BCUT2D eigenvalue weighted by Crippen LogP contribution is 1.94. The summed E-state index contributed by atoms with van der Waals surface area (Å²) < 4.78 is 4.97. The van der Waals surface area contributed by atoms with Crippen LogP contribution in [-0.2, 0) is 16.1 Å². The van der Waals surface area contributed by atoms with E-state index in [1.807, 2.05) is 26.0 Å². The number of esters is 1. The van der Waals surface area contributed by atoms with Crippen LogP contribution in [0.1, 0.15) is 19.4 Å². The molecule has 1 heterocycles. The van der Waals surface area contributed by atoms with Crippen LogP contribution in [0.25, 0.3) is 0 Å². The van der Waals surface area contributed by atoms with Gasteiger partial charge >= 0.3 is 5.97 Å². The van der Waals surface area contributed by atoms with Gasteiger partial charge in [-0.25, -0.2) is 0 Å². The molecule has 0 aliphatic heterocycles. The number of pyridine rings is 1. The van der Waals surface area contributed by atoms with Crippen molar-refractivity contribution in [1.82, 2.24) is 10.3 Å². The van der Waals surface area contributed by atoms with Crippen molar-refractivity contribution in [1.29, 1.82) is 0 Å². The number of aromatic nitrogens is 1. The summed E-state index contributed by atoms with van der Waals surface area (Å²) in [6.45, 7) is 4.52. The molecule has 4 heteroatoms. The predicted octanol–water partition coefficient (Wildman–Crippen LogP) is 1.12. The van der Waals surface area contributed by atoms with Crippen molar-refractivity contribution in [2.45, 2.75) is 26.5 Å². The van der Waals surface area contributed by atoms with E-state index in [-0.39, 0.29) is 18.6 Å². The van der Waals surface area contributed by atoms with E-state index in [9.17, 15) is 4.79 Å². The lowest BCUT2D eigenvalue weighted by Crippen LogP contribution is -2.26. The molecule has 82 valence electrons. The Kier molecular flexibility index (Phi) is 4.77. The van der Waals surface area contributed by atoms with Crippen LogP contribution in [0.3, 0.4) is 0 Å². The van der Waals surface area contributed by atoms with Gasteiger partial charge in [-0.2, -0.15) is 0 Å². The molecule has 0 amide bonds. The first-order valence-corrected chi connectivity index (χ1v) is 4.97. The van der Waals surface area contributed by atoms with Crippen molar-refractivity contribution in [3.8, 4) is 0 Å². The van der Waals surface area contributed by atoms with E-state index >= 15 is 0 Å². The number of nitrogens with zero attached hydrogens (tertiary/aromatic N) is 1. The third-order valence-electron chi connectivity index (χ3n) is 1.69. The van der Waals surface area contributed by atoms with E-state index in [0.717, 1.165) is 5.56 Å². The molecule has 0 spiro atoms. The summed E-state index contributed by atoms with van der Waals surface area (Å²) in [6, 6.07) is 3.82. The average molecular weight is 208 g/mol. The number of nitrogens with one attached hydrogen (secondary N) is 1. The van der Waals surface area contributed by atoms with Crippen molar-refractivity contribution in [3.05, 3.63) is 30.1 Å². The zero-order chi connectivity index (χ0) is 11.1. The Morgan fingerprint density at radius 3 is 3.00 bits per heavy atom. The molecule has 1 rings (SSSR count). The Morgan fingerprint density at radius 2 is 2.40 bits per heavy atom. The van der Waals surface area contributed by atoms with Gasteiger partial charge in [0.05, 0.1) is 12.6 Å². The lowest BCUT2D eigenvalue weighted by molar-refractivity contribution is -0.146. The van der Waals surface area contributed by atoms with Crippen molar-refractivity contribution in [2.75, 3.05) is 6.54 Å². The minimum atomic E-state index is -0.228. The summed E-state index contributed by atoms with van der Waals surface area (Å²) in [5.41, 5.74) is 1.05. The average Bonchev–Trinajstić information content (AvgIpc) is 2.18. The smallest absolute Gasteiger partial charge is 0.320 e. The summed E-state index contributed by atoms with van der Waals surface area (Å²) in [4.78, 5) is 15.1. The topological polar surface area (TPSA) is 51.2 Å². The van der Waals surface area contributed by atoms with E-state index < -0.39 is 0 Å². The van der Waals surface area contributed by atoms with Gasteiger partial charge in [0, 0.05) is 18.9 Å². The van der Waals surface area contributed by atoms with Crippen LogP contribution in [0.15, 0.2) is 24.5 Å². The molecule has 1 aromatic rings. The van der Waals surface area contributed by atoms with Crippen molar-refractivity contribution < 1.29 is 9.53 Å². The van der Waals surface area contributed by atoms with Gasteiger partial charge in [0.25, 0.3) is 0 Å². The predicted molar refractivity (Wildman–Crippen MR) is 57.2 cm³/mol. The Morgan fingerprint density at radius 1 is 1.60 bits per heavy atom. The first-order valence-electron chi connectivity index (χ1n) is 4.97. The number of carbonyl (C=O) groups excluding carboxylic acids is 1. The van der Waals surface area contributed by atoms with Crippen LogP contribution in [0.5, 0.6) is 0 Å². The molecule has 0 saturated heterocycles. The highest BCUT2D eigenvalue weighted by molar-refractivity contribution is 5.71. The SMILES string of the molecule is CC(C)OC(=O)CNCc1cccnc1. The molecule has 0 aliphatic rings. The Hall–Kier alpha value is -1.42. The normalized spacial score (nSPS) is 10.3. The maximum absolute atomic E-state index is 11.1. The monoisotopic (exact) mass is 208 g/mol. The minimum Gasteiger partial charge on any atom is -0.462 e. The highest BCUT2D eigenvalue weighted by Gasteiger charge is 2.03. The lowest BCUT2D eigenvalue weighted by atomic mass is 10.3. The summed E-state index contributed by atoms with van der Waals surface area (Å²) in [5, 5.41) is 2.99. The highest BCUT2D eigenvalue weighted by atomic mass is 16.5. The second-order valence-electron chi connectivity index (χ2n) is 3.50. The van der Waals surface area contributed by atoms with E-state index in [1.54, 1.807) is 12.4 Å². The maximum Gasteiger partial charge on any atom is 0.320 e. The van der Waals surface area contributed by atoms with E-state index in [4.69, 9.17) is 4.74 Å². The fourth-order valence-electron chi connectivity index (χ4n) is 1.12. The molecule has 0 bridgehead atoms. The van der Waals surface area contributed by atoms with Crippen LogP contribution in [0.2, 0.25) is 0 Å². The number of rotatable bonds is 5. The maximum atomic E-state index is 11.1. The van der Waals surface area contributed by atoms with E-state index in [1.165, 1.54) is 0 Å². The molecule has 15 heavy (non-hydrogen) atoms. The molecule has 0 atom stereocenters. The molecule has 0 aliphatic carbocycles. The van der Waals surface area contributed by atoms with E-state index in [0.29, 0.717) is 6.54 Å². The summed E-state index contributed by atoms with van der Waals surface area (Å²) in [5.74, 6) is -0.228. The van der Waals surface area contributed by atoms with E-state index in [2.05, 4.69) is 10.3 Å². The Labute approximate surface area is 89.7 Å². The molecule has 0 aromatic carbocycles. The molecule has 4 nitrogen and oxygen atoms in total. The number of hydrogen-bond donors (Lipinski definition) is 1. The minimum absolute atomic E-state index is 0.0577. The standard InChI is InChI=1S/C11H16N2O2/c1-9(2)15-11(14)8-13-7-10-4-3-5-12-6-10/h3-6,9,13H,7-8H2,1-2H3. The van der Waals surface area contributed by atoms with Gasteiger partial charge in [-0.3, -0.25) is 9.78 Å². The second-order valence-corrected chi connectivity index (χ2v) is 3.50. The van der Waals surface area contributed by atoms with Gasteiger partial charge in [-0.15, -0.1) is 0 Å². The van der Waals surface area contributed by atoms with Gasteiger partial charge in [-0.05, 0) is 25.5 Å². The first kappa shape index (κ1) is 11.7. The van der Waals surface area contributed by atoms with Crippen LogP contribution < -0.4 is 5.32 Å². The van der Waals surface area contributed by atoms with Crippen molar-refractivity contribution >= 4 is 5.97 Å². The molecule has 1 N–H and O–H groups in total. The van der Waals surface area contributed by atoms with Crippen molar-refractivity contribution in [3.63, 3.8) is 0 Å². The Bertz CT molecular complexity index is 299. The lowest BCUT2D eigenvalue weighted by Gasteiger charge is -2.08. The van der Waals surface area contributed by atoms with Crippen LogP contribution in [0, 0.1) is 0 Å². The number of carbonyl (C=O) groups is 1. The molecule has 0 radical (unpaired) electrons. The molecular weight excluding hydrogens is 192 g/mol. The summed E-state index contributed by atoms with van der Waals surface area (Å²) in [6.07, 6.45) is 3.43. The zero-order valence-electron chi connectivity index (χ0n) is 9.06. The van der Waals surface area contributed by atoms with Crippen LogP contribution in [-0.4, -0.2) is 23.6 Å². The number of hydrogen-bond acceptors (Lipinski definition) is 4. The number of ether oxygens (including phenoxy) is 1. The molecular formula is C11H16N2O2. The van der Waals surface area contributed by atoms with Gasteiger partial charge in [0.2, 0.25) is 0 Å². The molecule has 1 aromatic heterocycles. The fraction of sp³-hybridized carbons (Fsp3) is 0.455. The fourth-order valence-corrected chi connectivity index (χ4v) is 1.12. The van der Waals surface area contributed by atoms with Crippen LogP contribution in [0.4, 0.5) is 0 Å². The second kappa shape index (κ2) is 6.14. The summed E-state index contributed by atoms with van der Waals surface area (Å²) >= 11 is 0. The quantitative estimate of drug-likeness (QED) is 0.737. The van der Waals surface area contributed by atoms with Crippen LogP contribution >= 0.6 is 0 Å². The molecule has 0 saturated carbocycles. The van der Waals surface area contributed by atoms with Crippen molar-refractivity contribution in [2.24, 2.45) is 0 Å². The Balaban J connectivity index is 2.19. The molecule has 0 unspecified atom stereocenters. The molecule has 0 fully saturated rings. The van der Waals surface area contributed by atoms with Gasteiger partial charge in [-0.1, -0.05) is 6.07 Å².